The van der Waals surface area contributed by atoms with E-state index in [-0.39, 0.29) is 10.8 Å². The minimum absolute atomic E-state index is 0.00530. The van der Waals surface area contributed by atoms with Crippen LogP contribution in [-0.2, 0) is 20.9 Å². The fourth-order valence-corrected chi connectivity index (χ4v) is 3.51. The van der Waals surface area contributed by atoms with Crippen molar-refractivity contribution in [2.45, 2.75) is 30.1 Å². The quantitative estimate of drug-likeness (QED) is 0.802. The van der Waals surface area contributed by atoms with Gasteiger partial charge in [-0.2, -0.15) is 0 Å². The average molecular weight is 311 g/mol. The van der Waals surface area contributed by atoms with Crippen LogP contribution < -0.4 is 0 Å². The number of ether oxygens (including phenoxy) is 2. The number of rotatable bonds is 4. The lowest BCUT2D eigenvalue weighted by atomic mass is 9.69. The van der Waals surface area contributed by atoms with E-state index < -0.39 is 5.60 Å². The summed E-state index contributed by atoms with van der Waals surface area (Å²) in [5, 5.41) is -0.00530. The van der Waals surface area contributed by atoms with Crippen molar-refractivity contribution < 1.29 is 14.3 Å². The Morgan fingerprint density at radius 1 is 1.39 bits per heavy atom. The van der Waals surface area contributed by atoms with Crippen LogP contribution >= 0.6 is 15.9 Å². The predicted molar refractivity (Wildman–Crippen MR) is 70.4 cm³/mol. The van der Waals surface area contributed by atoms with E-state index in [0.29, 0.717) is 25.6 Å². The lowest BCUT2D eigenvalue weighted by Crippen LogP contribution is -2.57. The Kier molecular flexibility index (Phi) is 3.26. The Labute approximate surface area is 115 Å². The van der Waals surface area contributed by atoms with Crippen LogP contribution in [0.1, 0.15) is 18.4 Å². The molecule has 0 bridgehead atoms. The van der Waals surface area contributed by atoms with Crippen molar-refractivity contribution in [1.29, 1.82) is 0 Å². The number of benzene rings is 1. The number of carbonyl (C=O) groups excluding carboxylic acids is 1. The molecule has 3 nitrogen and oxygen atoms in total. The van der Waals surface area contributed by atoms with E-state index >= 15 is 0 Å². The number of fused-ring (bicyclic) bond motifs is 1. The fraction of sp³-hybridized carbons (Fsp3) is 0.500. The highest BCUT2D eigenvalue weighted by Crippen LogP contribution is 2.49. The zero-order valence-electron chi connectivity index (χ0n) is 9.97. The van der Waals surface area contributed by atoms with Gasteiger partial charge in [-0.1, -0.05) is 46.3 Å². The van der Waals surface area contributed by atoms with E-state index in [9.17, 15) is 4.79 Å². The van der Waals surface area contributed by atoms with E-state index in [0.717, 1.165) is 12.0 Å². The van der Waals surface area contributed by atoms with Crippen LogP contribution in [0.5, 0.6) is 0 Å². The molecule has 1 heterocycles. The smallest absolute Gasteiger partial charge is 0.167 e. The van der Waals surface area contributed by atoms with Crippen LogP contribution in [0.4, 0.5) is 0 Å². The van der Waals surface area contributed by atoms with Crippen molar-refractivity contribution in [3.8, 4) is 0 Å². The first-order valence-electron chi connectivity index (χ1n) is 6.17. The molecular formula is C14H15BrO3. The number of hydrogen-bond donors (Lipinski definition) is 0. The maximum absolute atomic E-state index is 11.8. The van der Waals surface area contributed by atoms with Crippen LogP contribution in [0.15, 0.2) is 30.3 Å². The van der Waals surface area contributed by atoms with Gasteiger partial charge in [0.25, 0.3) is 0 Å². The molecule has 4 heteroatoms. The minimum Gasteiger partial charge on any atom is -0.373 e. The Balaban J connectivity index is 1.58. The van der Waals surface area contributed by atoms with Gasteiger partial charge in [-0.25, -0.2) is 0 Å². The molecule has 3 atom stereocenters. The largest absolute Gasteiger partial charge is 0.373 e. The molecule has 1 unspecified atom stereocenters. The number of carbonyl (C=O) groups is 1. The molecule has 0 N–H and O–H groups in total. The van der Waals surface area contributed by atoms with Gasteiger partial charge in [0.15, 0.2) is 11.4 Å². The molecule has 1 saturated heterocycles. The minimum atomic E-state index is -0.664. The van der Waals surface area contributed by atoms with Crippen molar-refractivity contribution in [3.05, 3.63) is 35.9 Å². The van der Waals surface area contributed by atoms with Crippen LogP contribution in [0.2, 0.25) is 0 Å². The average Bonchev–Trinajstić information content (AvgIpc) is 2.63. The standard InChI is InChI=1S/C14H15BrO3/c15-13-7-11-6-12(16)14(11,18-13)9-17-8-10-4-2-1-3-5-10/h1-5,11,13H,6-9H2/t11-,13?,14+/m0/s1. The molecule has 2 aliphatic rings. The second kappa shape index (κ2) is 4.76. The van der Waals surface area contributed by atoms with E-state index in [4.69, 9.17) is 9.47 Å². The van der Waals surface area contributed by atoms with E-state index in [2.05, 4.69) is 15.9 Å². The van der Waals surface area contributed by atoms with Crippen LogP contribution in [0, 0.1) is 5.92 Å². The molecule has 96 valence electrons. The maximum Gasteiger partial charge on any atom is 0.167 e. The van der Waals surface area contributed by atoms with Gasteiger partial charge in [0.1, 0.15) is 5.01 Å². The Bertz CT molecular complexity index is 448. The van der Waals surface area contributed by atoms with Crippen LogP contribution in [-0.4, -0.2) is 23.0 Å². The Morgan fingerprint density at radius 2 is 2.17 bits per heavy atom. The highest BCUT2D eigenvalue weighted by molar-refractivity contribution is 9.09. The third-order valence-electron chi connectivity index (χ3n) is 3.80. The third kappa shape index (κ3) is 2.02. The Morgan fingerprint density at radius 3 is 2.83 bits per heavy atom. The number of Topliss-reactive ketones (excluding diaryl/α,β-unsaturated/α-hetero) is 1. The molecule has 18 heavy (non-hydrogen) atoms. The zero-order chi connectivity index (χ0) is 12.6. The summed E-state index contributed by atoms with van der Waals surface area (Å²) in [5.41, 5.74) is 0.453. The maximum atomic E-state index is 11.8. The molecule has 0 radical (unpaired) electrons. The van der Waals surface area contributed by atoms with Gasteiger partial charge in [-0.3, -0.25) is 4.79 Å². The first-order chi connectivity index (χ1) is 8.71. The summed E-state index contributed by atoms with van der Waals surface area (Å²) in [6.45, 7) is 0.895. The SMILES string of the molecule is O=C1C[C@H]2CC(Br)O[C@@]12COCc1ccccc1. The number of alkyl halides is 1. The monoisotopic (exact) mass is 310 g/mol. The van der Waals surface area contributed by atoms with Crippen molar-refractivity contribution in [3.63, 3.8) is 0 Å². The molecule has 2 fully saturated rings. The van der Waals surface area contributed by atoms with Gasteiger partial charge in [0.05, 0.1) is 13.2 Å². The normalized spacial score (nSPS) is 34.2. The summed E-state index contributed by atoms with van der Waals surface area (Å²) in [5.74, 6) is 0.507. The van der Waals surface area contributed by atoms with Gasteiger partial charge in [-0.05, 0) is 12.0 Å². The number of hydrogen-bond acceptors (Lipinski definition) is 3. The summed E-state index contributed by atoms with van der Waals surface area (Å²) in [6.07, 6.45) is 1.54. The van der Waals surface area contributed by atoms with Gasteiger partial charge in [0.2, 0.25) is 0 Å². The van der Waals surface area contributed by atoms with E-state index in [1.807, 2.05) is 30.3 Å². The van der Waals surface area contributed by atoms with Crippen molar-refractivity contribution in [2.24, 2.45) is 5.92 Å². The first-order valence-corrected chi connectivity index (χ1v) is 7.09. The lowest BCUT2D eigenvalue weighted by molar-refractivity contribution is -0.171. The van der Waals surface area contributed by atoms with Crippen molar-refractivity contribution in [2.75, 3.05) is 6.61 Å². The third-order valence-corrected chi connectivity index (χ3v) is 4.36. The van der Waals surface area contributed by atoms with Gasteiger partial charge in [0, 0.05) is 12.3 Å². The summed E-state index contributed by atoms with van der Waals surface area (Å²) < 4.78 is 11.4. The number of halogens is 1. The summed E-state index contributed by atoms with van der Waals surface area (Å²) in [7, 11) is 0. The number of ketones is 1. The molecule has 1 aliphatic heterocycles. The Hall–Kier alpha value is -0.710. The van der Waals surface area contributed by atoms with E-state index in [1.54, 1.807) is 0 Å². The molecule has 0 amide bonds. The van der Waals surface area contributed by atoms with Gasteiger partial charge in [-0.15, -0.1) is 0 Å². The summed E-state index contributed by atoms with van der Waals surface area (Å²) in [6, 6.07) is 9.97. The van der Waals surface area contributed by atoms with Gasteiger partial charge < -0.3 is 9.47 Å². The van der Waals surface area contributed by atoms with Crippen LogP contribution in [0.25, 0.3) is 0 Å². The van der Waals surface area contributed by atoms with Gasteiger partial charge >= 0.3 is 0 Å². The highest BCUT2D eigenvalue weighted by Gasteiger charge is 2.61. The van der Waals surface area contributed by atoms with Crippen LogP contribution in [0.3, 0.4) is 0 Å². The summed E-state index contributed by atoms with van der Waals surface area (Å²) in [4.78, 5) is 11.8. The molecule has 0 spiro atoms. The second-order valence-electron chi connectivity index (χ2n) is 4.96. The molecule has 1 saturated carbocycles. The molecule has 1 aromatic carbocycles. The highest BCUT2D eigenvalue weighted by atomic mass is 79.9. The van der Waals surface area contributed by atoms with E-state index in [1.165, 1.54) is 0 Å². The topological polar surface area (TPSA) is 35.5 Å². The molecule has 3 rings (SSSR count). The lowest BCUT2D eigenvalue weighted by Gasteiger charge is -2.40. The second-order valence-corrected chi connectivity index (χ2v) is 5.98. The predicted octanol–water partition coefficient (Wildman–Crippen LogP) is 2.67. The molecular weight excluding hydrogens is 296 g/mol. The molecule has 1 aliphatic carbocycles. The first kappa shape index (κ1) is 12.3. The van der Waals surface area contributed by atoms with Crippen molar-refractivity contribution >= 4 is 21.7 Å². The zero-order valence-corrected chi connectivity index (χ0v) is 11.6. The molecule has 0 aromatic heterocycles. The fourth-order valence-electron chi connectivity index (χ4n) is 2.72. The van der Waals surface area contributed by atoms with Crippen molar-refractivity contribution in [1.82, 2.24) is 0 Å². The molecule has 1 aromatic rings. The summed E-state index contributed by atoms with van der Waals surface area (Å²) >= 11 is 3.43.